The molecule has 7 nitrogen and oxygen atoms in total. The number of benzene rings is 1. The SMILES string of the molecule is COC(=O)c1ccc(NC(=O)CCN(CCC(C)C)S(C)(=O)=O)cc1. The van der Waals surface area contributed by atoms with Gasteiger partial charge in [-0.3, -0.25) is 4.79 Å². The lowest BCUT2D eigenvalue weighted by molar-refractivity contribution is -0.116. The van der Waals surface area contributed by atoms with E-state index in [4.69, 9.17) is 0 Å². The zero-order chi connectivity index (χ0) is 19.0. The monoisotopic (exact) mass is 370 g/mol. The van der Waals surface area contributed by atoms with Crippen molar-refractivity contribution in [2.24, 2.45) is 5.92 Å². The molecule has 0 aliphatic rings. The van der Waals surface area contributed by atoms with E-state index in [9.17, 15) is 18.0 Å². The molecule has 140 valence electrons. The van der Waals surface area contributed by atoms with Gasteiger partial charge in [-0.1, -0.05) is 13.8 Å². The Morgan fingerprint density at radius 1 is 1.16 bits per heavy atom. The molecule has 0 aliphatic heterocycles. The summed E-state index contributed by atoms with van der Waals surface area (Å²) in [5.74, 6) is -0.359. The topological polar surface area (TPSA) is 92.8 Å². The Morgan fingerprint density at radius 2 is 1.76 bits per heavy atom. The molecule has 0 fully saturated rings. The maximum Gasteiger partial charge on any atom is 0.337 e. The Labute approximate surface area is 149 Å². The van der Waals surface area contributed by atoms with Crippen molar-refractivity contribution >= 4 is 27.6 Å². The number of anilines is 1. The molecule has 1 rings (SSSR count). The van der Waals surface area contributed by atoms with Gasteiger partial charge in [0.25, 0.3) is 0 Å². The highest BCUT2D eigenvalue weighted by Gasteiger charge is 2.18. The van der Waals surface area contributed by atoms with Crippen LogP contribution in [0.25, 0.3) is 0 Å². The van der Waals surface area contributed by atoms with Crippen LogP contribution in [-0.2, 0) is 19.6 Å². The van der Waals surface area contributed by atoms with Gasteiger partial charge >= 0.3 is 5.97 Å². The molecule has 0 unspecified atom stereocenters. The lowest BCUT2D eigenvalue weighted by Gasteiger charge is -2.20. The van der Waals surface area contributed by atoms with Gasteiger partial charge in [-0.05, 0) is 36.6 Å². The molecule has 1 amide bonds. The quantitative estimate of drug-likeness (QED) is 0.672. The van der Waals surface area contributed by atoms with Crippen LogP contribution in [0.2, 0.25) is 0 Å². The number of sulfonamides is 1. The van der Waals surface area contributed by atoms with E-state index >= 15 is 0 Å². The highest BCUT2D eigenvalue weighted by Crippen LogP contribution is 2.12. The van der Waals surface area contributed by atoms with Crippen LogP contribution in [0.15, 0.2) is 24.3 Å². The Hall–Kier alpha value is -1.93. The van der Waals surface area contributed by atoms with Crippen LogP contribution in [0.4, 0.5) is 5.69 Å². The van der Waals surface area contributed by atoms with Gasteiger partial charge in [0, 0.05) is 25.2 Å². The summed E-state index contributed by atoms with van der Waals surface area (Å²) in [4.78, 5) is 23.4. The summed E-state index contributed by atoms with van der Waals surface area (Å²) in [5.41, 5.74) is 0.920. The van der Waals surface area contributed by atoms with Crippen LogP contribution in [0.1, 0.15) is 37.0 Å². The molecular weight excluding hydrogens is 344 g/mol. The maximum atomic E-state index is 12.0. The molecule has 1 N–H and O–H groups in total. The van der Waals surface area contributed by atoms with Crippen molar-refractivity contribution in [3.05, 3.63) is 29.8 Å². The zero-order valence-corrected chi connectivity index (χ0v) is 15.9. The average Bonchev–Trinajstić information content (AvgIpc) is 2.53. The van der Waals surface area contributed by atoms with Gasteiger partial charge in [-0.15, -0.1) is 0 Å². The van der Waals surface area contributed by atoms with Gasteiger partial charge in [0.05, 0.1) is 18.9 Å². The van der Waals surface area contributed by atoms with Crippen LogP contribution in [0.3, 0.4) is 0 Å². The molecule has 25 heavy (non-hydrogen) atoms. The Balaban J connectivity index is 2.58. The van der Waals surface area contributed by atoms with Gasteiger partial charge in [0.15, 0.2) is 0 Å². The summed E-state index contributed by atoms with van der Waals surface area (Å²) in [6, 6.07) is 6.29. The van der Waals surface area contributed by atoms with Gasteiger partial charge in [-0.25, -0.2) is 17.5 Å². The van der Waals surface area contributed by atoms with Crippen molar-refractivity contribution in [3.63, 3.8) is 0 Å². The lowest BCUT2D eigenvalue weighted by atomic mass is 10.1. The third-order valence-electron chi connectivity index (χ3n) is 3.60. The van der Waals surface area contributed by atoms with Crippen molar-refractivity contribution in [1.29, 1.82) is 0 Å². The number of carbonyl (C=O) groups is 2. The fourth-order valence-corrected chi connectivity index (χ4v) is 2.96. The number of hydrogen-bond acceptors (Lipinski definition) is 5. The first kappa shape index (κ1) is 21.1. The number of amides is 1. The van der Waals surface area contributed by atoms with E-state index in [-0.39, 0.29) is 18.9 Å². The molecule has 0 spiro atoms. The summed E-state index contributed by atoms with van der Waals surface area (Å²) in [5, 5.41) is 2.69. The molecule has 0 atom stereocenters. The van der Waals surface area contributed by atoms with E-state index in [1.54, 1.807) is 24.3 Å². The second-order valence-electron chi connectivity index (χ2n) is 6.21. The van der Waals surface area contributed by atoms with Crippen molar-refractivity contribution in [3.8, 4) is 0 Å². The Bertz CT molecular complexity index is 683. The molecule has 8 heteroatoms. The minimum absolute atomic E-state index is 0.0594. The summed E-state index contributed by atoms with van der Waals surface area (Å²) < 4.78 is 29.5. The van der Waals surface area contributed by atoms with E-state index in [0.29, 0.717) is 23.7 Å². The van der Waals surface area contributed by atoms with E-state index in [1.165, 1.54) is 11.4 Å². The van der Waals surface area contributed by atoms with E-state index < -0.39 is 16.0 Å². The fourth-order valence-electron chi connectivity index (χ4n) is 2.10. The number of esters is 1. The summed E-state index contributed by atoms with van der Waals surface area (Å²) in [6.45, 7) is 4.57. The smallest absolute Gasteiger partial charge is 0.337 e. The number of nitrogens with zero attached hydrogens (tertiary/aromatic N) is 1. The maximum absolute atomic E-state index is 12.0. The lowest BCUT2D eigenvalue weighted by Crippen LogP contribution is -2.34. The molecule has 0 aromatic heterocycles. The third-order valence-corrected chi connectivity index (χ3v) is 4.91. The van der Waals surface area contributed by atoms with Crippen molar-refractivity contribution in [1.82, 2.24) is 4.31 Å². The third kappa shape index (κ3) is 7.66. The van der Waals surface area contributed by atoms with E-state index in [0.717, 1.165) is 12.7 Å². The van der Waals surface area contributed by atoms with Crippen molar-refractivity contribution < 1.29 is 22.7 Å². The number of carbonyl (C=O) groups excluding carboxylic acids is 2. The normalized spacial score (nSPS) is 11.6. The van der Waals surface area contributed by atoms with Crippen LogP contribution >= 0.6 is 0 Å². The highest BCUT2D eigenvalue weighted by atomic mass is 32.2. The fraction of sp³-hybridized carbons (Fsp3) is 0.529. The minimum atomic E-state index is -3.35. The molecule has 0 aliphatic carbocycles. The average molecular weight is 370 g/mol. The predicted octanol–water partition coefficient (Wildman–Crippen LogP) is 2.11. The zero-order valence-electron chi connectivity index (χ0n) is 15.1. The minimum Gasteiger partial charge on any atom is -0.465 e. The molecule has 0 saturated heterocycles. The molecule has 0 heterocycles. The molecular formula is C17H26N2O5S. The van der Waals surface area contributed by atoms with Gasteiger partial charge in [-0.2, -0.15) is 0 Å². The second-order valence-corrected chi connectivity index (χ2v) is 8.19. The number of rotatable bonds is 9. The molecule has 0 radical (unpaired) electrons. The molecule has 1 aromatic carbocycles. The summed E-state index contributed by atoms with van der Waals surface area (Å²) in [7, 11) is -2.05. The van der Waals surface area contributed by atoms with Crippen molar-refractivity contribution in [2.75, 3.05) is 31.8 Å². The van der Waals surface area contributed by atoms with Crippen molar-refractivity contribution in [2.45, 2.75) is 26.7 Å². The van der Waals surface area contributed by atoms with Crippen LogP contribution in [0, 0.1) is 5.92 Å². The van der Waals surface area contributed by atoms with Gasteiger partial charge in [0.1, 0.15) is 0 Å². The number of ether oxygens (including phenoxy) is 1. The standard InChI is InChI=1S/C17H26N2O5S/c1-13(2)9-11-19(25(4,22)23)12-10-16(20)18-15-7-5-14(6-8-15)17(21)24-3/h5-8,13H,9-12H2,1-4H3,(H,18,20). The summed E-state index contributed by atoms with van der Waals surface area (Å²) in [6.07, 6.45) is 1.95. The number of hydrogen-bond donors (Lipinski definition) is 1. The van der Waals surface area contributed by atoms with E-state index in [2.05, 4.69) is 10.1 Å². The number of nitrogens with one attached hydrogen (secondary N) is 1. The first-order valence-electron chi connectivity index (χ1n) is 8.07. The van der Waals surface area contributed by atoms with Gasteiger partial charge < -0.3 is 10.1 Å². The molecule has 0 saturated carbocycles. The second kappa shape index (κ2) is 9.53. The first-order chi connectivity index (χ1) is 11.6. The van der Waals surface area contributed by atoms with Crippen LogP contribution in [-0.4, -0.2) is 51.1 Å². The van der Waals surface area contributed by atoms with E-state index in [1.807, 2.05) is 13.8 Å². The number of methoxy groups -OCH3 is 1. The molecule has 0 bridgehead atoms. The first-order valence-corrected chi connectivity index (χ1v) is 9.91. The molecule has 1 aromatic rings. The summed E-state index contributed by atoms with van der Waals surface area (Å²) >= 11 is 0. The largest absolute Gasteiger partial charge is 0.465 e. The Kier molecular flexibility index (Phi) is 8.05. The Morgan fingerprint density at radius 3 is 2.24 bits per heavy atom. The van der Waals surface area contributed by atoms with Crippen LogP contribution < -0.4 is 5.32 Å². The van der Waals surface area contributed by atoms with Crippen LogP contribution in [0.5, 0.6) is 0 Å². The van der Waals surface area contributed by atoms with Gasteiger partial charge in [0.2, 0.25) is 15.9 Å². The predicted molar refractivity (Wildman–Crippen MR) is 96.9 cm³/mol. The highest BCUT2D eigenvalue weighted by molar-refractivity contribution is 7.88.